The zero-order valence-electron chi connectivity index (χ0n) is 12.4. The molecular weight excluding hydrogens is 226 g/mol. The van der Waals surface area contributed by atoms with E-state index in [2.05, 4.69) is 31.1 Å². The fraction of sp³-hybridized carbons (Fsp3) is 0.929. The van der Waals surface area contributed by atoms with Crippen LogP contribution in [0.2, 0.25) is 0 Å². The topological polar surface area (TPSA) is 58.4 Å². The van der Waals surface area contributed by atoms with Crippen molar-refractivity contribution in [3.63, 3.8) is 0 Å². The van der Waals surface area contributed by atoms with Gasteiger partial charge in [-0.2, -0.15) is 0 Å². The molecule has 4 heteroatoms. The molecule has 0 aliphatic carbocycles. The van der Waals surface area contributed by atoms with E-state index in [1.807, 2.05) is 0 Å². The van der Waals surface area contributed by atoms with Gasteiger partial charge in [-0.1, -0.05) is 26.7 Å². The Bertz CT molecular complexity index is 203. The molecule has 1 atom stereocenters. The van der Waals surface area contributed by atoms with Gasteiger partial charge >= 0.3 is 0 Å². The Kier molecular flexibility index (Phi) is 11.1. The average molecular weight is 257 g/mol. The Morgan fingerprint density at radius 2 is 2.00 bits per heavy atom. The number of rotatable bonds is 11. The number of hydrogen-bond donors (Lipinski definition) is 2. The zero-order valence-corrected chi connectivity index (χ0v) is 12.4. The van der Waals surface area contributed by atoms with Crippen LogP contribution in [0.1, 0.15) is 46.0 Å². The summed E-state index contributed by atoms with van der Waals surface area (Å²) < 4.78 is 0. The minimum absolute atomic E-state index is 0.178. The van der Waals surface area contributed by atoms with Crippen molar-refractivity contribution >= 4 is 5.91 Å². The van der Waals surface area contributed by atoms with Gasteiger partial charge in [0.05, 0.1) is 0 Å². The SMILES string of the molecule is CCCC(CCN)CCC(=O)NCCN(C)CC. The molecule has 0 saturated heterocycles. The molecule has 18 heavy (non-hydrogen) atoms. The quantitative estimate of drug-likeness (QED) is 0.591. The molecule has 4 nitrogen and oxygen atoms in total. The lowest BCUT2D eigenvalue weighted by atomic mass is 9.94. The molecule has 108 valence electrons. The maximum absolute atomic E-state index is 11.7. The van der Waals surface area contributed by atoms with Gasteiger partial charge in [0.1, 0.15) is 0 Å². The molecule has 0 aromatic heterocycles. The van der Waals surface area contributed by atoms with Crippen molar-refractivity contribution in [2.45, 2.75) is 46.0 Å². The lowest BCUT2D eigenvalue weighted by Crippen LogP contribution is -2.33. The summed E-state index contributed by atoms with van der Waals surface area (Å²) in [5.74, 6) is 0.793. The van der Waals surface area contributed by atoms with E-state index in [0.29, 0.717) is 12.3 Å². The van der Waals surface area contributed by atoms with E-state index in [-0.39, 0.29) is 5.91 Å². The van der Waals surface area contributed by atoms with Gasteiger partial charge in [-0.15, -0.1) is 0 Å². The molecule has 0 fully saturated rings. The summed E-state index contributed by atoms with van der Waals surface area (Å²) in [6.07, 6.45) is 5.01. The minimum Gasteiger partial charge on any atom is -0.355 e. The van der Waals surface area contributed by atoms with Crippen molar-refractivity contribution in [2.24, 2.45) is 11.7 Å². The molecule has 0 aliphatic rings. The van der Waals surface area contributed by atoms with Gasteiger partial charge in [-0.3, -0.25) is 4.79 Å². The summed E-state index contributed by atoms with van der Waals surface area (Å²) in [6.45, 7) is 7.72. The van der Waals surface area contributed by atoms with E-state index in [9.17, 15) is 4.79 Å². The molecule has 0 radical (unpaired) electrons. The van der Waals surface area contributed by atoms with Gasteiger partial charge in [-0.25, -0.2) is 0 Å². The first-order chi connectivity index (χ1) is 8.63. The lowest BCUT2D eigenvalue weighted by Gasteiger charge is -2.16. The molecule has 0 rings (SSSR count). The Hall–Kier alpha value is -0.610. The van der Waals surface area contributed by atoms with E-state index in [0.717, 1.165) is 39.0 Å². The summed E-state index contributed by atoms with van der Waals surface area (Å²) in [6, 6.07) is 0. The summed E-state index contributed by atoms with van der Waals surface area (Å²) in [7, 11) is 2.06. The number of amides is 1. The summed E-state index contributed by atoms with van der Waals surface area (Å²) in [4.78, 5) is 13.9. The van der Waals surface area contributed by atoms with Gasteiger partial charge < -0.3 is 16.0 Å². The Morgan fingerprint density at radius 3 is 2.56 bits per heavy atom. The van der Waals surface area contributed by atoms with Crippen LogP contribution >= 0.6 is 0 Å². The van der Waals surface area contributed by atoms with E-state index in [1.165, 1.54) is 12.8 Å². The van der Waals surface area contributed by atoms with Crippen molar-refractivity contribution in [2.75, 3.05) is 33.2 Å². The maximum Gasteiger partial charge on any atom is 0.220 e. The fourth-order valence-electron chi connectivity index (χ4n) is 2.04. The molecule has 0 aromatic carbocycles. The molecule has 0 aliphatic heterocycles. The van der Waals surface area contributed by atoms with Crippen LogP contribution in [-0.2, 0) is 4.79 Å². The highest BCUT2D eigenvalue weighted by molar-refractivity contribution is 5.75. The first-order valence-corrected chi connectivity index (χ1v) is 7.29. The number of nitrogens with two attached hydrogens (primary N) is 1. The Balaban J connectivity index is 3.66. The molecule has 0 bridgehead atoms. The Morgan fingerprint density at radius 1 is 1.28 bits per heavy atom. The maximum atomic E-state index is 11.7. The highest BCUT2D eigenvalue weighted by Crippen LogP contribution is 2.16. The first kappa shape index (κ1) is 17.4. The van der Waals surface area contributed by atoms with E-state index in [4.69, 9.17) is 5.73 Å². The smallest absolute Gasteiger partial charge is 0.220 e. The second-order valence-electron chi connectivity index (χ2n) is 5.02. The predicted octanol–water partition coefficient (Wildman–Crippen LogP) is 1.60. The molecule has 0 saturated carbocycles. The summed E-state index contributed by atoms with van der Waals surface area (Å²) in [5, 5.41) is 2.98. The van der Waals surface area contributed by atoms with Crippen LogP contribution in [-0.4, -0.2) is 44.0 Å². The molecule has 0 heterocycles. The van der Waals surface area contributed by atoms with Gasteiger partial charge in [0, 0.05) is 19.5 Å². The third kappa shape index (κ3) is 9.42. The first-order valence-electron chi connectivity index (χ1n) is 7.29. The van der Waals surface area contributed by atoms with Crippen LogP contribution in [0.4, 0.5) is 0 Å². The monoisotopic (exact) mass is 257 g/mol. The Labute approximate surface area is 112 Å². The van der Waals surface area contributed by atoms with Gasteiger partial charge in [-0.05, 0) is 38.9 Å². The molecular formula is C14H31N3O. The fourth-order valence-corrected chi connectivity index (χ4v) is 2.04. The van der Waals surface area contributed by atoms with Crippen LogP contribution in [0.5, 0.6) is 0 Å². The van der Waals surface area contributed by atoms with Crippen molar-refractivity contribution in [3.05, 3.63) is 0 Å². The van der Waals surface area contributed by atoms with Crippen LogP contribution in [0, 0.1) is 5.92 Å². The lowest BCUT2D eigenvalue weighted by molar-refractivity contribution is -0.121. The molecule has 3 N–H and O–H groups in total. The molecule has 0 spiro atoms. The predicted molar refractivity (Wildman–Crippen MR) is 77.5 cm³/mol. The molecule has 1 amide bonds. The van der Waals surface area contributed by atoms with Crippen LogP contribution in [0.3, 0.4) is 0 Å². The van der Waals surface area contributed by atoms with Crippen LogP contribution < -0.4 is 11.1 Å². The number of nitrogens with zero attached hydrogens (tertiary/aromatic N) is 1. The third-order valence-electron chi connectivity index (χ3n) is 3.41. The van der Waals surface area contributed by atoms with Crippen molar-refractivity contribution in [3.8, 4) is 0 Å². The van der Waals surface area contributed by atoms with Crippen molar-refractivity contribution in [1.82, 2.24) is 10.2 Å². The van der Waals surface area contributed by atoms with Gasteiger partial charge in [0.15, 0.2) is 0 Å². The molecule has 0 aromatic rings. The van der Waals surface area contributed by atoms with Crippen molar-refractivity contribution in [1.29, 1.82) is 0 Å². The number of carbonyl (C=O) groups is 1. The van der Waals surface area contributed by atoms with E-state index >= 15 is 0 Å². The van der Waals surface area contributed by atoms with Gasteiger partial charge in [0.2, 0.25) is 5.91 Å². The minimum atomic E-state index is 0.178. The largest absolute Gasteiger partial charge is 0.355 e. The number of hydrogen-bond acceptors (Lipinski definition) is 3. The standard InChI is InChI=1S/C14H31N3O/c1-4-6-13(9-10-15)7-8-14(18)16-11-12-17(3)5-2/h13H,4-12,15H2,1-3H3,(H,16,18). The molecule has 1 unspecified atom stereocenters. The van der Waals surface area contributed by atoms with Crippen LogP contribution in [0.25, 0.3) is 0 Å². The van der Waals surface area contributed by atoms with Gasteiger partial charge in [0.25, 0.3) is 0 Å². The second-order valence-corrected chi connectivity index (χ2v) is 5.02. The highest BCUT2D eigenvalue weighted by Gasteiger charge is 2.09. The summed E-state index contributed by atoms with van der Waals surface area (Å²) in [5.41, 5.74) is 5.59. The normalized spacial score (nSPS) is 12.7. The van der Waals surface area contributed by atoms with Crippen LogP contribution in [0.15, 0.2) is 0 Å². The van der Waals surface area contributed by atoms with E-state index in [1.54, 1.807) is 0 Å². The average Bonchev–Trinajstić information content (AvgIpc) is 2.36. The van der Waals surface area contributed by atoms with Crippen molar-refractivity contribution < 1.29 is 4.79 Å². The van der Waals surface area contributed by atoms with E-state index < -0.39 is 0 Å². The number of likely N-dealkylation sites (N-methyl/N-ethyl adjacent to an activating group) is 1. The third-order valence-corrected chi connectivity index (χ3v) is 3.41. The highest BCUT2D eigenvalue weighted by atomic mass is 16.1. The number of nitrogens with one attached hydrogen (secondary N) is 1. The summed E-state index contributed by atoms with van der Waals surface area (Å²) >= 11 is 0. The second kappa shape index (κ2) is 11.5. The zero-order chi connectivity index (χ0) is 13.8. The number of carbonyl (C=O) groups excluding carboxylic acids is 1.